The van der Waals surface area contributed by atoms with Crippen LogP contribution in [0.25, 0.3) is 11.1 Å². The fraction of sp³-hybridized carbons (Fsp3) is 0.152. The van der Waals surface area contributed by atoms with Crippen LogP contribution in [0.4, 0.5) is 0 Å². The van der Waals surface area contributed by atoms with Crippen molar-refractivity contribution in [1.29, 1.82) is 0 Å². The zero-order valence-corrected chi connectivity index (χ0v) is 22.9. The first-order valence-corrected chi connectivity index (χ1v) is 12.9. The van der Waals surface area contributed by atoms with E-state index in [0.717, 1.165) is 29.4 Å². The molecule has 0 amide bonds. The smallest absolute Gasteiger partial charge is 0.338 e. The van der Waals surface area contributed by atoms with Gasteiger partial charge in [-0.1, -0.05) is 50.1 Å². The molecule has 0 aliphatic rings. The van der Waals surface area contributed by atoms with Gasteiger partial charge in [-0.05, 0) is 53.1 Å². The molecule has 0 heterocycles. The maximum Gasteiger partial charge on any atom is 0.338 e. The Bertz CT molecular complexity index is 1440. The summed E-state index contributed by atoms with van der Waals surface area (Å²) in [5.74, 6) is -1.61. The van der Waals surface area contributed by atoms with Crippen molar-refractivity contribution in [3.8, 4) is 28.4 Å². The van der Waals surface area contributed by atoms with Gasteiger partial charge in [-0.2, -0.15) is 0 Å². The Hall–Kier alpha value is -5.44. The van der Waals surface area contributed by atoms with Crippen LogP contribution in [0.3, 0.4) is 0 Å². The van der Waals surface area contributed by atoms with E-state index in [2.05, 4.69) is 19.7 Å². The van der Waals surface area contributed by atoms with Gasteiger partial charge in [0.1, 0.15) is 5.75 Å². The quantitative estimate of drug-likeness (QED) is 0.102. The molecular formula is C33H30O9. The van der Waals surface area contributed by atoms with Crippen LogP contribution in [0.2, 0.25) is 0 Å². The number of rotatable bonds is 15. The van der Waals surface area contributed by atoms with E-state index in [0.29, 0.717) is 36.3 Å². The average Bonchev–Trinajstić information content (AvgIpc) is 3.02. The molecular weight excluding hydrogens is 540 g/mol. The minimum absolute atomic E-state index is 0.0284. The Morgan fingerprint density at radius 3 is 1.83 bits per heavy atom. The number of benzene rings is 3. The Morgan fingerprint density at radius 2 is 1.21 bits per heavy atom. The van der Waals surface area contributed by atoms with Crippen molar-refractivity contribution in [3.63, 3.8) is 0 Å². The predicted molar refractivity (Wildman–Crippen MR) is 155 cm³/mol. The molecule has 9 nitrogen and oxygen atoms in total. The highest BCUT2D eigenvalue weighted by Crippen LogP contribution is 2.29. The van der Waals surface area contributed by atoms with E-state index in [1.54, 1.807) is 18.2 Å². The van der Waals surface area contributed by atoms with Gasteiger partial charge in [-0.3, -0.25) is 0 Å². The molecule has 3 aromatic rings. The molecule has 0 saturated heterocycles. The lowest BCUT2D eigenvalue weighted by Gasteiger charge is -2.11. The molecule has 0 bridgehead atoms. The third kappa shape index (κ3) is 9.63. The lowest BCUT2D eigenvalue weighted by atomic mass is 10.0. The number of hydrogen-bond acceptors (Lipinski definition) is 9. The molecule has 3 aromatic carbocycles. The summed E-state index contributed by atoms with van der Waals surface area (Å²) in [6, 6.07) is 19.2. The first-order chi connectivity index (χ1) is 20.3. The summed E-state index contributed by atoms with van der Waals surface area (Å²) >= 11 is 0. The lowest BCUT2D eigenvalue weighted by Crippen LogP contribution is -2.10. The lowest BCUT2D eigenvalue weighted by molar-refractivity contribution is -0.138. The van der Waals surface area contributed by atoms with Crippen molar-refractivity contribution in [2.24, 2.45) is 0 Å². The molecule has 0 spiro atoms. The summed E-state index contributed by atoms with van der Waals surface area (Å²) in [7, 11) is 0. The summed E-state index contributed by atoms with van der Waals surface area (Å²) in [5, 5.41) is 0. The molecule has 0 aromatic heterocycles. The van der Waals surface area contributed by atoms with Crippen LogP contribution < -0.4 is 14.2 Å². The van der Waals surface area contributed by atoms with Crippen molar-refractivity contribution < 1.29 is 42.9 Å². The van der Waals surface area contributed by atoms with Crippen LogP contribution in [0.5, 0.6) is 17.2 Å². The molecule has 3 rings (SSSR count). The van der Waals surface area contributed by atoms with E-state index in [9.17, 15) is 19.2 Å². The van der Waals surface area contributed by atoms with Crippen molar-refractivity contribution >= 4 is 23.9 Å². The SMILES string of the molecule is C=CC(=O)OCCCOc1ccc(-c2ccc(C(=O)OCCc3ccc(OC(=O)C=C)c(OC(=O)C=C)c3)cc2)cc1. The predicted octanol–water partition coefficient (Wildman–Crippen LogP) is 5.43. The molecule has 9 heteroatoms. The van der Waals surface area contributed by atoms with Crippen LogP contribution in [-0.4, -0.2) is 43.7 Å². The zero-order valence-electron chi connectivity index (χ0n) is 22.9. The monoisotopic (exact) mass is 570 g/mol. The number of hydrogen-bond donors (Lipinski definition) is 0. The van der Waals surface area contributed by atoms with Crippen LogP contribution in [-0.2, 0) is 30.3 Å². The molecule has 216 valence electrons. The second-order valence-corrected chi connectivity index (χ2v) is 8.59. The molecule has 42 heavy (non-hydrogen) atoms. The van der Waals surface area contributed by atoms with Crippen LogP contribution >= 0.6 is 0 Å². The highest BCUT2D eigenvalue weighted by atomic mass is 16.6. The minimum atomic E-state index is -0.720. The van der Waals surface area contributed by atoms with E-state index in [1.165, 1.54) is 12.1 Å². The van der Waals surface area contributed by atoms with E-state index < -0.39 is 23.9 Å². The summed E-state index contributed by atoms with van der Waals surface area (Å²) in [5.41, 5.74) is 2.93. The Kier molecular flexibility index (Phi) is 11.8. The second kappa shape index (κ2) is 16.0. The highest BCUT2D eigenvalue weighted by molar-refractivity contribution is 5.90. The van der Waals surface area contributed by atoms with Gasteiger partial charge in [0.2, 0.25) is 0 Å². The molecule has 0 atom stereocenters. The Labute approximate surface area is 243 Å². The molecule has 0 unspecified atom stereocenters. The summed E-state index contributed by atoms with van der Waals surface area (Å²) in [6.45, 7) is 10.8. The van der Waals surface area contributed by atoms with Gasteiger partial charge in [-0.15, -0.1) is 0 Å². The maximum atomic E-state index is 12.6. The van der Waals surface area contributed by atoms with Gasteiger partial charge in [0.25, 0.3) is 0 Å². The van der Waals surface area contributed by atoms with Gasteiger partial charge in [0.05, 0.1) is 25.4 Å². The molecule has 0 radical (unpaired) electrons. The minimum Gasteiger partial charge on any atom is -0.493 e. The van der Waals surface area contributed by atoms with Gasteiger partial charge < -0.3 is 23.7 Å². The second-order valence-electron chi connectivity index (χ2n) is 8.59. The van der Waals surface area contributed by atoms with Crippen molar-refractivity contribution in [1.82, 2.24) is 0 Å². The van der Waals surface area contributed by atoms with E-state index in [4.69, 9.17) is 23.7 Å². The summed E-state index contributed by atoms with van der Waals surface area (Å²) in [4.78, 5) is 46.9. The molecule has 0 N–H and O–H groups in total. The first-order valence-electron chi connectivity index (χ1n) is 12.9. The fourth-order valence-electron chi connectivity index (χ4n) is 3.54. The van der Waals surface area contributed by atoms with Crippen LogP contribution in [0.15, 0.2) is 105 Å². The van der Waals surface area contributed by atoms with Crippen LogP contribution in [0.1, 0.15) is 22.3 Å². The Balaban J connectivity index is 1.51. The maximum absolute atomic E-state index is 12.6. The number of ether oxygens (including phenoxy) is 5. The molecule has 0 aliphatic carbocycles. The highest BCUT2D eigenvalue weighted by Gasteiger charge is 2.13. The van der Waals surface area contributed by atoms with E-state index in [1.807, 2.05) is 36.4 Å². The molecule has 0 fully saturated rings. The summed E-state index contributed by atoms with van der Waals surface area (Å²) in [6.07, 6.45) is 3.98. The number of esters is 4. The zero-order chi connectivity index (χ0) is 30.3. The average molecular weight is 571 g/mol. The largest absolute Gasteiger partial charge is 0.493 e. The third-order valence-electron chi connectivity index (χ3n) is 5.66. The van der Waals surface area contributed by atoms with E-state index >= 15 is 0 Å². The normalized spacial score (nSPS) is 10.1. The fourth-order valence-corrected chi connectivity index (χ4v) is 3.54. The van der Waals surface area contributed by atoms with Crippen molar-refractivity contribution in [2.75, 3.05) is 19.8 Å². The number of carbonyl (C=O) groups is 4. The van der Waals surface area contributed by atoms with Crippen molar-refractivity contribution in [2.45, 2.75) is 12.8 Å². The number of carbonyl (C=O) groups excluding carboxylic acids is 4. The third-order valence-corrected chi connectivity index (χ3v) is 5.66. The van der Waals surface area contributed by atoms with Gasteiger partial charge in [0, 0.05) is 31.1 Å². The van der Waals surface area contributed by atoms with E-state index in [-0.39, 0.29) is 24.7 Å². The van der Waals surface area contributed by atoms with Gasteiger partial charge in [-0.25, -0.2) is 19.2 Å². The van der Waals surface area contributed by atoms with Crippen molar-refractivity contribution in [3.05, 3.63) is 116 Å². The molecule has 0 aliphatic heterocycles. The Morgan fingerprint density at radius 1 is 0.619 bits per heavy atom. The first kappa shape index (κ1) is 31.1. The summed E-state index contributed by atoms with van der Waals surface area (Å²) < 4.78 is 26.2. The standard InChI is InChI=1S/C33H30O9/c1-4-30(34)39-20-7-19-38-27-15-13-25(14-16-27)24-9-11-26(12-10-24)33(37)40-21-18-23-8-17-28(41-31(35)5-2)29(22-23)42-32(36)6-3/h4-6,8-17,22H,1-3,7,18-21H2. The van der Waals surface area contributed by atoms with Crippen LogP contribution in [0, 0.1) is 0 Å². The van der Waals surface area contributed by atoms with Gasteiger partial charge in [0.15, 0.2) is 11.5 Å². The van der Waals surface area contributed by atoms with Gasteiger partial charge >= 0.3 is 23.9 Å². The topological polar surface area (TPSA) is 114 Å². The molecule has 0 saturated carbocycles.